The van der Waals surface area contributed by atoms with Crippen LogP contribution in [0.4, 0.5) is 40.8 Å². The second-order valence-electron chi connectivity index (χ2n) is 6.90. The van der Waals surface area contributed by atoms with Crippen molar-refractivity contribution in [2.24, 2.45) is 0 Å². The maximum absolute atomic E-state index is 15.1. The molecule has 15 heteroatoms. The van der Waals surface area contributed by atoms with Crippen molar-refractivity contribution < 1.29 is 53.7 Å². The topological polar surface area (TPSA) is 78.7 Å². The summed E-state index contributed by atoms with van der Waals surface area (Å²) >= 11 is 0. The Labute approximate surface area is 176 Å². The third-order valence-electron chi connectivity index (χ3n) is 3.53. The summed E-state index contributed by atoms with van der Waals surface area (Å²) in [4.78, 5) is 9.62. The zero-order chi connectivity index (χ0) is 25.3. The highest BCUT2D eigenvalue weighted by Crippen LogP contribution is 2.69. The summed E-state index contributed by atoms with van der Waals surface area (Å²) < 4.78 is 134. The average molecular weight is 499 g/mol. The lowest BCUT2D eigenvalue weighted by Crippen LogP contribution is -2.36. The molecule has 0 aliphatic carbocycles. The Balaban J connectivity index is 4.06. The number of nitro benzene ring substituents is 1. The summed E-state index contributed by atoms with van der Waals surface area (Å²) in [6.45, 7) is 4.07. The molecule has 0 amide bonds. The standard InChI is InChI=1S/C17H18F8NO5P/c1-9(2)30-32(29,31-10(3)4)17(24,25)14(16(21,22)23)13(15(18,19)20)11-5-7-12(8-6-11)26(27)28/h5-10H,1-4H3/b14-13-. The van der Waals surface area contributed by atoms with Gasteiger partial charge in [0.25, 0.3) is 5.69 Å². The van der Waals surface area contributed by atoms with Gasteiger partial charge in [-0.25, -0.2) is 0 Å². The van der Waals surface area contributed by atoms with Gasteiger partial charge in [0.15, 0.2) is 0 Å². The van der Waals surface area contributed by atoms with E-state index in [4.69, 9.17) is 0 Å². The number of benzene rings is 1. The van der Waals surface area contributed by atoms with Crippen molar-refractivity contribution in [3.05, 3.63) is 45.5 Å². The minimum atomic E-state index is -6.35. The molecule has 6 nitrogen and oxygen atoms in total. The fourth-order valence-corrected chi connectivity index (χ4v) is 4.45. The highest BCUT2D eigenvalue weighted by atomic mass is 31.2. The Bertz CT molecular complexity index is 893. The molecule has 0 saturated carbocycles. The molecule has 0 bridgehead atoms. The van der Waals surface area contributed by atoms with Gasteiger partial charge in [-0.05, 0) is 45.4 Å². The number of nitro groups is 1. The summed E-state index contributed by atoms with van der Waals surface area (Å²) in [6.07, 6.45) is -15.2. The van der Waals surface area contributed by atoms with Crippen LogP contribution < -0.4 is 0 Å². The van der Waals surface area contributed by atoms with Crippen molar-refractivity contribution in [3.8, 4) is 0 Å². The zero-order valence-electron chi connectivity index (χ0n) is 16.9. The summed E-state index contributed by atoms with van der Waals surface area (Å²) in [5.74, 6) is 0. The van der Waals surface area contributed by atoms with E-state index in [2.05, 4.69) is 9.05 Å². The molecule has 0 aliphatic rings. The second kappa shape index (κ2) is 9.44. The highest BCUT2D eigenvalue weighted by Gasteiger charge is 2.67. The smallest absolute Gasteiger partial charge is 0.301 e. The van der Waals surface area contributed by atoms with Crippen molar-refractivity contribution >= 4 is 18.9 Å². The van der Waals surface area contributed by atoms with Gasteiger partial charge in [-0.2, -0.15) is 35.1 Å². The minimum Gasteiger partial charge on any atom is -0.301 e. The van der Waals surface area contributed by atoms with E-state index in [-0.39, 0.29) is 12.1 Å². The first-order chi connectivity index (χ1) is 14.2. The van der Waals surface area contributed by atoms with E-state index < -0.39 is 65.1 Å². The van der Waals surface area contributed by atoms with Crippen molar-refractivity contribution in [1.82, 2.24) is 0 Å². The summed E-state index contributed by atoms with van der Waals surface area (Å²) in [6, 6.07) is 1.25. The van der Waals surface area contributed by atoms with Crippen LogP contribution in [0.1, 0.15) is 33.3 Å². The zero-order valence-corrected chi connectivity index (χ0v) is 17.8. The lowest BCUT2D eigenvalue weighted by atomic mass is 9.98. The largest absolute Gasteiger partial charge is 0.419 e. The van der Waals surface area contributed by atoms with Crippen LogP contribution in [0.5, 0.6) is 0 Å². The van der Waals surface area contributed by atoms with Crippen LogP contribution in [-0.4, -0.2) is 35.1 Å². The molecule has 32 heavy (non-hydrogen) atoms. The maximum atomic E-state index is 15.1. The van der Waals surface area contributed by atoms with Gasteiger partial charge >= 0.3 is 25.6 Å². The molecule has 0 saturated heterocycles. The van der Waals surface area contributed by atoms with Crippen LogP contribution in [0.3, 0.4) is 0 Å². The Morgan fingerprint density at radius 2 is 1.28 bits per heavy atom. The first-order valence-electron chi connectivity index (χ1n) is 8.72. The van der Waals surface area contributed by atoms with E-state index in [1.807, 2.05) is 0 Å². The fraction of sp³-hybridized carbons (Fsp3) is 0.529. The predicted octanol–water partition coefficient (Wildman–Crippen LogP) is 7.11. The lowest BCUT2D eigenvalue weighted by molar-refractivity contribution is -0.384. The van der Waals surface area contributed by atoms with Gasteiger partial charge in [0.2, 0.25) is 0 Å². The number of allylic oxidation sites excluding steroid dienone is 2. The van der Waals surface area contributed by atoms with E-state index in [0.717, 1.165) is 27.7 Å². The monoisotopic (exact) mass is 499 g/mol. The number of halogens is 8. The number of nitrogens with zero attached hydrogens (tertiary/aromatic N) is 1. The van der Waals surface area contributed by atoms with Crippen LogP contribution in [0.25, 0.3) is 5.57 Å². The molecule has 0 aliphatic heterocycles. The summed E-state index contributed by atoms with van der Waals surface area (Å²) in [7, 11) is -6.18. The summed E-state index contributed by atoms with van der Waals surface area (Å²) in [5, 5.41) is 10.7. The Morgan fingerprint density at radius 1 is 0.875 bits per heavy atom. The van der Waals surface area contributed by atoms with Crippen molar-refractivity contribution in [3.63, 3.8) is 0 Å². The predicted molar refractivity (Wildman–Crippen MR) is 97.1 cm³/mol. The molecule has 0 aromatic heterocycles. The molecule has 1 aromatic carbocycles. The number of hydrogen-bond donors (Lipinski definition) is 0. The molecule has 1 rings (SSSR count). The molecule has 0 atom stereocenters. The van der Waals surface area contributed by atoms with Gasteiger partial charge in [-0.1, -0.05) is 0 Å². The van der Waals surface area contributed by atoms with Gasteiger partial charge in [0.1, 0.15) is 5.57 Å². The molecular formula is C17H18F8NO5P. The van der Waals surface area contributed by atoms with Crippen LogP contribution in [0.2, 0.25) is 0 Å². The number of hydrogen-bond acceptors (Lipinski definition) is 5. The molecule has 0 fully saturated rings. The van der Waals surface area contributed by atoms with Crippen LogP contribution in [0, 0.1) is 10.1 Å². The van der Waals surface area contributed by atoms with E-state index >= 15 is 8.78 Å². The van der Waals surface area contributed by atoms with E-state index in [9.17, 15) is 41.0 Å². The maximum Gasteiger partial charge on any atom is 0.419 e. The van der Waals surface area contributed by atoms with Crippen LogP contribution in [-0.2, 0) is 13.6 Å². The fourth-order valence-electron chi connectivity index (χ4n) is 2.51. The molecule has 1 aromatic rings. The van der Waals surface area contributed by atoms with Gasteiger partial charge in [0.05, 0.1) is 22.7 Å². The normalized spacial score (nSPS) is 14.7. The minimum absolute atomic E-state index is 0.223. The number of rotatable bonds is 8. The van der Waals surface area contributed by atoms with Crippen molar-refractivity contribution in [2.75, 3.05) is 0 Å². The quantitative estimate of drug-likeness (QED) is 0.165. The number of non-ortho nitro benzene ring substituents is 1. The third-order valence-corrected chi connectivity index (χ3v) is 5.84. The van der Waals surface area contributed by atoms with Crippen LogP contribution >= 0.6 is 7.60 Å². The molecule has 0 spiro atoms. The Hall–Kier alpha value is -2.05. The first kappa shape index (κ1) is 28.0. The second-order valence-corrected chi connectivity index (χ2v) is 8.87. The highest BCUT2D eigenvalue weighted by molar-refractivity contribution is 7.55. The lowest BCUT2D eigenvalue weighted by Gasteiger charge is -2.33. The van der Waals surface area contributed by atoms with E-state index in [0.29, 0.717) is 12.1 Å². The SMILES string of the molecule is CC(C)OP(=O)(OC(C)C)C(F)(F)/C(=C(/c1ccc([N+](=O)[O-])cc1)C(F)(F)F)C(F)(F)F. The van der Waals surface area contributed by atoms with E-state index in [1.165, 1.54) is 0 Å². The molecule has 0 unspecified atom stereocenters. The van der Waals surface area contributed by atoms with Crippen LogP contribution in [0.15, 0.2) is 29.8 Å². The van der Waals surface area contributed by atoms with Gasteiger partial charge < -0.3 is 9.05 Å². The molecule has 0 N–H and O–H groups in total. The Kier molecular flexibility index (Phi) is 8.25. The molecule has 0 radical (unpaired) electrons. The number of alkyl halides is 8. The van der Waals surface area contributed by atoms with Crippen molar-refractivity contribution in [2.45, 2.75) is 57.9 Å². The Morgan fingerprint density at radius 3 is 1.56 bits per heavy atom. The third kappa shape index (κ3) is 6.26. The van der Waals surface area contributed by atoms with Crippen molar-refractivity contribution in [1.29, 1.82) is 0 Å². The average Bonchev–Trinajstić information content (AvgIpc) is 2.55. The summed E-state index contributed by atoms with van der Waals surface area (Å²) in [5.41, 5.74) is -14.4. The van der Waals surface area contributed by atoms with Gasteiger partial charge in [-0.3, -0.25) is 14.7 Å². The van der Waals surface area contributed by atoms with Gasteiger partial charge in [0, 0.05) is 12.1 Å². The van der Waals surface area contributed by atoms with E-state index in [1.54, 1.807) is 0 Å². The van der Waals surface area contributed by atoms with Gasteiger partial charge in [-0.15, -0.1) is 0 Å². The molecule has 182 valence electrons. The molecular weight excluding hydrogens is 481 g/mol. The first-order valence-corrected chi connectivity index (χ1v) is 10.3. The molecule has 0 heterocycles.